The second-order valence-corrected chi connectivity index (χ2v) is 7.94. The van der Waals surface area contributed by atoms with Gasteiger partial charge in [-0.1, -0.05) is 91.8 Å². The molecule has 0 aliphatic rings. The van der Waals surface area contributed by atoms with Gasteiger partial charge < -0.3 is 15.3 Å². The Hall–Kier alpha value is -2.74. The molecule has 6 nitrogen and oxygen atoms in total. The van der Waals surface area contributed by atoms with Gasteiger partial charge in [-0.15, -0.1) is 0 Å². The van der Waals surface area contributed by atoms with Crippen molar-refractivity contribution in [3.63, 3.8) is 0 Å². The highest BCUT2D eigenvalue weighted by Gasteiger charge is 2.13. The molecule has 0 saturated carbocycles. The molecule has 0 radical (unpaired) electrons. The number of hydrogen-bond acceptors (Lipinski definition) is 6. The maximum Gasteiger partial charge on any atom is 0.347 e. The predicted octanol–water partition coefficient (Wildman–Crippen LogP) is 5.66. The summed E-state index contributed by atoms with van der Waals surface area (Å²) < 4.78 is 0. The van der Waals surface area contributed by atoms with E-state index in [1.165, 1.54) is 29.7 Å². The first-order valence-corrected chi connectivity index (χ1v) is 11.3. The van der Waals surface area contributed by atoms with E-state index < -0.39 is 5.97 Å². The number of aromatic nitrogens is 1. The lowest BCUT2D eigenvalue weighted by Crippen LogP contribution is -2.14. The minimum Gasteiger partial charge on any atom is -0.477 e. The fourth-order valence-electron chi connectivity index (χ4n) is 2.67. The Morgan fingerprint density at radius 1 is 1.00 bits per heavy atom. The molecule has 3 aromatic rings. The zero-order valence-electron chi connectivity index (χ0n) is 18.1. The monoisotopic (exact) mass is 441 g/mol. The maximum atomic E-state index is 10.9. The summed E-state index contributed by atoms with van der Waals surface area (Å²) in [6.07, 6.45) is 3.62. The number of hydrogen-bond donors (Lipinski definition) is 3. The number of unbranched alkanes of at least 4 members (excludes halogenated alkanes) is 2. The normalized spacial score (nSPS) is 10.3. The van der Waals surface area contributed by atoms with Crippen LogP contribution in [0.5, 0.6) is 0 Å². The van der Waals surface area contributed by atoms with E-state index >= 15 is 0 Å². The Morgan fingerprint density at radius 2 is 1.61 bits per heavy atom. The molecule has 7 heteroatoms. The minimum atomic E-state index is -0.923. The second-order valence-electron chi connectivity index (χ2n) is 6.94. The Bertz CT molecular complexity index is 886. The number of carboxylic acids is 1. The SMILES string of the molecule is CCCCCONCc1ccccc1.Cc1nc(NCc2ccccc2)sc1C(=O)O. The molecule has 0 unspecified atom stereocenters. The van der Waals surface area contributed by atoms with Crippen LogP contribution in [-0.4, -0.2) is 22.7 Å². The fraction of sp³-hybridized carbons (Fsp3) is 0.333. The van der Waals surface area contributed by atoms with Crippen molar-refractivity contribution in [2.24, 2.45) is 0 Å². The number of thiazole rings is 1. The number of nitrogens with zero attached hydrogens (tertiary/aromatic N) is 1. The van der Waals surface area contributed by atoms with Crippen molar-refractivity contribution in [1.82, 2.24) is 10.5 Å². The van der Waals surface area contributed by atoms with Crippen molar-refractivity contribution in [3.05, 3.63) is 82.4 Å². The van der Waals surface area contributed by atoms with Gasteiger partial charge in [0.1, 0.15) is 4.88 Å². The number of carboxylic acid groups (broad SMARTS) is 1. The third-order valence-corrected chi connectivity index (χ3v) is 5.45. The van der Waals surface area contributed by atoms with Crippen molar-refractivity contribution in [1.29, 1.82) is 0 Å². The van der Waals surface area contributed by atoms with E-state index in [0.29, 0.717) is 22.2 Å². The number of aryl methyl sites for hydroxylation is 1. The smallest absolute Gasteiger partial charge is 0.347 e. The zero-order chi connectivity index (χ0) is 22.3. The van der Waals surface area contributed by atoms with Crippen LogP contribution in [0, 0.1) is 6.92 Å². The van der Waals surface area contributed by atoms with Gasteiger partial charge in [0, 0.05) is 13.1 Å². The summed E-state index contributed by atoms with van der Waals surface area (Å²) in [5.41, 5.74) is 5.90. The van der Waals surface area contributed by atoms with E-state index in [1.807, 2.05) is 48.5 Å². The molecule has 0 amide bonds. The van der Waals surface area contributed by atoms with E-state index in [-0.39, 0.29) is 0 Å². The summed E-state index contributed by atoms with van der Waals surface area (Å²) in [5, 5.41) is 12.7. The van der Waals surface area contributed by atoms with Gasteiger partial charge in [-0.25, -0.2) is 9.78 Å². The van der Waals surface area contributed by atoms with Crippen LogP contribution in [0.15, 0.2) is 60.7 Å². The van der Waals surface area contributed by atoms with Crippen molar-refractivity contribution < 1.29 is 14.7 Å². The van der Waals surface area contributed by atoms with E-state index in [9.17, 15) is 4.79 Å². The molecule has 3 rings (SSSR count). The lowest BCUT2D eigenvalue weighted by molar-refractivity contribution is 0.0342. The first-order chi connectivity index (χ1) is 15.1. The predicted molar refractivity (Wildman–Crippen MR) is 126 cm³/mol. The number of carbonyl (C=O) groups is 1. The lowest BCUT2D eigenvalue weighted by Gasteiger charge is -2.05. The standard InChI is InChI=1S/C12H12N2O2S.C12H19NO/c1-8-10(11(15)16)17-12(14-8)13-7-9-5-3-2-4-6-9;1-2-3-7-10-14-13-11-12-8-5-4-6-9-12/h2-6H,7H2,1H3,(H,13,14)(H,15,16);4-6,8-9,13H,2-3,7,10-11H2,1H3. The Labute approximate surface area is 188 Å². The van der Waals surface area contributed by atoms with Gasteiger partial charge in [-0.3, -0.25) is 0 Å². The topological polar surface area (TPSA) is 83.5 Å². The largest absolute Gasteiger partial charge is 0.477 e. The van der Waals surface area contributed by atoms with Crippen LogP contribution in [0.1, 0.15) is 52.7 Å². The molecule has 1 heterocycles. The van der Waals surface area contributed by atoms with Crippen molar-refractivity contribution in [3.8, 4) is 0 Å². The van der Waals surface area contributed by atoms with E-state index in [2.05, 4.69) is 34.8 Å². The van der Waals surface area contributed by atoms with Gasteiger partial charge in [0.2, 0.25) is 0 Å². The van der Waals surface area contributed by atoms with Crippen LogP contribution in [0.25, 0.3) is 0 Å². The van der Waals surface area contributed by atoms with Crippen molar-refractivity contribution in [2.45, 2.75) is 46.2 Å². The Balaban J connectivity index is 0.000000225. The number of benzene rings is 2. The first-order valence-electron chi connectivity index (χ1n) is 10.5. The van der Waals surface area contributed by atoms with E-state index in [1.54, 1.807) is 6.92 Å². The van der Waals surface area contributed by atoms with Gasteiger partial charge >= 0.3 is 5.97 Å². The summed E-state index contributed by atoms with van der Waals surface area (Å²) in [6.45, 7) is 6.13. The van der Waals surface area contributed by atoms with Crippen LogP contribution >= 0.6 is 11.3 Å². The van der Waals surface area contributed by atoms with Crippen LogP contribution in [-0.2, 0) is 17.9 Å². The number of hydroxylamine groups is 1. The summed E-state index contributed by atoms with van der Waals surface area (Å²) in [7, 11) is 0. The van der Waals surface area contributed by atoms with Crippen LogP contribution in [0.4, 0.5) is 5.13 Å². The van der Waals surface area contributed by atoms with Crippen LogP contribution in [0.2, 0.25) is 0 Å². The van der Waals surface area contributed by atoms with E-state index in [4.69, 9.17) is 9.94 Å². The molecule has 0 saturated heterocycles. The minimum absolute atomic E-state index is 0.292. The van der Waals surface area contributed by atoms with Gasteiger partial charge in [0.15, 0.2) is 5.13 Å². The number of nitrogens with one attached hydrogen (secondary N) is 2. The highest BCUT2D eigenvalue weighted by molar-refractivity contribution is 7.17. The molecule has 0 aliphatic heterocycles. The van der Waals surface area contributed by atoms with Gasteiger partial charge in [-0.05, 0) is 24.5 Å². The molecular formula is C24H31N3O3S. The van der Waals surface area contributed by atoms with Crippen molar-refractivity contribution in [2.75, 3.05) is 11.9 Å². The summed E-state index contributed by atoms with van der Waals surface area (Å²) in [6, 6.07) is 20.2. The number of rotatable bonds is 11. The third-order valence-electron chi connectivity index (χ3n) is 4.35. The van der Waals surface area contributed by atoms with Crippen molar-refractivity contribution >= 4 is 22.4 Å². The first kappa shape index (κ1) is 24.5. The Kier molecular flexibility index (Phi) is 11.3. The molecule has 0 spiro atoms. The lowest BCUT2D eigenvalue weighted by atomic mass is 10.2. The third kappa shape index (κ3) is 9.74. The van der Waals surface area contributed by atoms with E-state index in [0.717, 1.165) is 25.1 Å². The average molecular weight is 442 g/mol. The molecular weight excluding hydrogens is 410 g/mol. The molecule has 0 fully saturated rings. The Morgan fingerprint density at radius 3 is 2.16 bits per heavy atom. The number of aromatic carboxylic acids is 1. The molecule has 3 N–H and O–H groups in total. The molecule has 31 heavy (non-hydrogen) atoms. The summed E-state index contributed by atoms with van der Waals surface area (Å²) in [4.78, 5) is 20.6. The molecule has 0 bridgehead atoms. The second kappa shape index (κ2) is 14.3. The van der Waals surface area contributed by atoms with Crippen LogP contribution in [0.3, 0.4) is 0 Å². The van der Waals surface area contributed by atoms with Gasteiger partial charge in [0.25, 0.3) is 0 Å². The quantitative estimate of drug-likeness (QED) is 0.263. The van der Waals surface area contributed by atoms with Crippen LogP contribution < -0.4 is 10.8 Å². The summed E-state index contributed by atoms with van der Waals surface area (Å²) in [5.74, 6) is -0.923. The molecule has 1 aromatic heterocycles. The highest BCUT2D eigenvalue weighted by atomic mass is 32.1. The zero-order valence-corrected chi connectivity index (χ0v) is 19.0. The average Bonchev–Trinajstić information content (AvgIpc) is 3.17. The number of anilines is 1. The maximum absolute atomic E-state index is 10.9. The molecule has 166 valence electrons. The van der Waals surface area contributed by atoms with Gasteiger partial charge in [0.05, 0.1) is 12.3 Å². The highest BCUT2D eigenvalue weighted by Crippen LogP contribution is 2.22. The molecule has 0 atom stereocenters. The molecule has 0 aliphatic carbocycles. The molecule has 2 aromatic carbocycles. The summed E-state index contributed by atoms with van der Waals surface area (Å²) >= 11 is 1.17. The van der Waals surface area contributed by atoms with Gasteiger partial charge in [-0.2, -0.15) is 5.48 Å². The fourth-order valence-corrected chi connectivity index (χ4v) is 3.47.